The molecule has 0 atom stereocenters. The second-order valence-electron chi connectivity index (χ2n) is 7.83. The second-order valence-corrected chi connectivity index (χ2v) is 8.24. The van der Waals surface area contributed by atoms with E-state index in [1.807, 2.05) is 6.07 Å². The summed E-state index contributed by atoms with van der Waals surface area (Å²) < 4.78 is 1.19. The minimum atomic E-state index is -0.771. The lowest BCUT2D eigenvalue weighted by atomic mass is 10.0. The number of hydrogen-bond donors (Lipinski definition) is 2. The van der Waals surface area contributed by atoms with Gasteiger partial charge in [-0.2, -0.15) is 0 Å². The number of fused-ring (bicyclic) bond motifs is 2. The maximum Gasteiger partial charge on any atom is 0.296 e. The molecule has 35 heavy (non-hydrogen) atoms. The van der Waals surface area contributed by atoms with Gasteiger partial charge in [-0.3, -0.25) is 14.2 Å². The first-order valence-electron chi connectivity index (χ1n) is 10.5. The summed E-state index contributed by atoms with van der Waals surface area (Å²) in [5.74, 6) is -1.82. The first-order valence-corrected chi connectivity index (χ1v) is 10.9. The molecule has 2 aromatic heterocycles. The van der Waals surface area contributed by atoms with Gasteiger partial charge in [-0.05, 0) is 36.4 Å². The number of benzene rings is 3. The van der Waals surface area contributed by atoms with Crippen molar-refractivity contribution in [2.45, 2.75) is 0 Å². The lowest BCUT2D eigenvalue weighted by Gasteiger charge is -2.08. The van der Waals surface area contributed by atoms with Crippen LogP contribution >= 0.6 is 11.6 Å². The number of pyridine rings is 1. The maximum atomic E-state index is 13.0. The highest BCUT2D eigenvalue weighted by molar-refractivity contribution is 6.33. The number of aromatic hydroxyl groups is 2. The average Bonchev–Trinajstić information content (AvgIpc) is 3.10. The predicted octanol–water partition coefficient (Wildman–Crippen LogP) is 5.89. The molecule has 9 heteroatoms. The SMILES string of the molecule is Cn1c(O)c2ccc(C(=O)N=NC(=O)c3cc(-c4ccccc4Cl)nc4ccccc34)cc2c1O. The summed E-state index contributed by atoms with van der Waals surface area (Å²) in [6.45, 7) is 0. The summed E-state index contributed by atoms with van der Waals surface area (Å²) >= 11 is 6.33. The van der Waals surface area contributed by atoms with Crippen LogP contribution in [0.15, 0.2) is 83.0 Å². The Morgan fingerprint density at radius 2 is 1.51 bits per heavy atom. The van der Waals surface area contributed by atoms with Crippen LogP contribution in [0.25, 0.3) is 32.9 Å². The molecule has 0 aliphatic carbocycles. The molecule has 3 aromatic carbocycles. The van der Waals surface area contributed by atoms with Crippen molar-refractivity contribution < 1.29 is 19.8 Å². The zero-order valence-corrected chi connectivity index (χ0v) is 19.1. The van der Waals surface area contributed by atoms with Crippen LogP contribution in [-0.2, 0) is 7.05 Å². The molecule has 0 saturated heterocycles. The molecule has 0 unspecified atom stereocenters. The first kappa shape index (κ1) is 22.2. The summed E-state index contributed by atoms with van der Waals surface area (Å²) in [6, 6.07) is 20.1. The van der Waals surface area contributed by atoms with Crippen LogP contribution in [0.3, 0.4) is 0 Å². The number of halogens is 1. The second kappa shape index (κ2) is 8.66. The van der Waals surface area contributed by atoms with Crippen molar-refractivity contribution in [1.29, 1.82) is 0 Å². The summed E-state index contributed by atoms with van der Waals surface area (Å²) in [7, 11) is 1.49. The number of hydrogen-bond acceptors (Lipinski definition) is 5. The van der Waals surface area contributed by atoms with Crippen molar-refractivity contribution in [3.05, 3.63) is 88.9 Å². The molecule has 2 N–H and O–H groups in total. The van der Waals surface area contributed by atoms with Crippen molar-refractivity contribution >= 4 is 45.1 Å². The molecule has 8 nitrogen and oxygen atoms in total. The molecule has 172 valence electrons. The Morgan fingerprint density at radius 3 is 2.31 bits per heavy atom. The number of rotatable bonds is 3. The number of nitrogens with zero attached hydrogens (tertiary/aromatic N) is 4. The molecule has 0 bridgehead atoms. The van der Waals surface area contributed by atoms with Crippen molar-refractivity contribution in [3.63, 3.8) is 0 Å². The summed E-state index contributed by atoms with van der Waals surface area (Å²) in [5.41, 5.74) is 2.04. The summed E-state index contributed by atoms with van der Waals surface area (Å²) in [4.78, 5) is 30.3. The van der Waals surface area contributed by atoms with Gasteiger partial charge in [-0.1, -0.05) is 48.0 Å². The fourth-order valence-electron chi connectivity index (χ4n) is 3.88. The molecule has 0 saturated carbocycles. The number of para-hydroxylation sites is 1. The number of azo groups is 1. The van der Waals surface area contributed by atoms with E-state index in [1.54, 1.807) is 48.5 Å². The molecule has 2 amide bonds. The number of aromatic nitrogens is 2. The van der Waals surface area contributed by atoms with E-state index in [0.717, 1.165) is 0 Å². The fraction of sp³-hybridized carbons (Fsp3) is 0.0385. The van der Waals surface area contributed by atoms with Crippen LogP contribution < -0.4 is 0 Å². The minimum absolute atomic E-state index is 0.103. The average molecular weight is 485 g/mol. The third-order valence-corrected chi connectivity index (χ3v) is 6.04. The molecular formula is C26H17ClN4O4. The summed E-state index contributed by atoms with van der Waals surface area (Å²) in [6.07, 6.45) is 0. The van der Waals surface area contributed by atoms with Gasteiger partial charge in [0.2, 0.25) is 11.8 Å². The molecule has 0 spiro atoms. The van der Waals surface area contributed by atoms with Gasteiger partial charge in [0.25, 0.3) is 11.8 Å². The largest absolute Gasteiger partial charge is 0.494 e. The lowest BCUT2D eigenvalue weighted by molar-refractivity contribution is 0.0947. The zero-order chi connectivity index (χ0) is 24.7. The van der Waals surface area contributed by atoms with Gasteiger partial charge in [0, 0.05) is 39.4 Å². The highest BCUT2D eigenvalue weighted by Gasteiger charge is 2.18. The van der Waals surface area contributed by atoms with Gasteiger partial charge >= 0.3 is 0 Å². The van der Waals surface area contributed by atoms with Crippen LogP contribution in [0.5, 0.6) is 11.8 Å². The molecule has 0 aliphatic heterocycles. The van der Waals surface area contributed by atoms with E-state index in [4.69, 9.17) is 11.6 Å². The van der Waals surface area contributed by atoms with E-state index in [1.165, 1.54) is 29.8 Å². The molecule has 0 fully saturated rings. The molecule has 2 heterocycles. The van der Waals surface area contributed by atoms with Gasteiger partial charge in [0.15, 0.2) is 0 Å². The highest BCUT2D eigenvalue weighted by Crippen LogP contribution is 2.35. The van der Waals surface area contributed by atoms with E-state index in [2.05, 4.69) is 15.2 Å². The van der Waals surface area contributed by atoms with E-state index < -0.39 is 11.8 Å². The van der Waals surface area contributed by atoms with Crippen LogP contribution in [0.4, 0.5) is 0 Å². The van der Waals surface area contributed by atoms with E-state index >= 15 is 0 Å². The Balaban J connectivity index is 1.51. The third-order valence-electron chi connectivity index (χ3n) is 5.71. The highest BCUT2D eigenvalue weighted by atomic mass is 35.5. The standard InChI is InChI=1S/C26H17ClN4O4/c1-31-25(34)16-11-10-14(12-19(16)26(31)35)23(32)29-30-24(33)18-13-22(17-7-2-4-8-20(17)27)28-21-9-5-3-6-15(18)21/h2-13,34-35H,1H3. The molecule has 0 aliphatic rings. The van der Waals surface area contributed by atoms with Crippen molar-refractivity contribution in [2.24, 2.45) is 17.3 Å². The molecule has 0 radical (unpaired) electrons. The van der Waals surface area contributed by atoms with E-state index in [0.29, 0.717) is 32.6 Å². The topological polar surface area (TPSA) is 117 Å². The third kappa shape index (κ3) is 3.89. The zero-order valence-electron chi connectivity index (χ0n) is 18.3. The van der Waals surface area contributed by atoms with Gasteiger partial charge in [0.1, 0.15) is 0 Å². The molecular weight excluding hydrogens is 468 g/mol. The fourth-order valence-corrected chi connectivity index (χ4v) is 4.11. The van der Waals surface area contributed by atoms with Crippen molar-refractivity contribution in [1.82, 2.24) is 9.55 Å². The number of carbonyl (C=O) groups is 2. The van der Waals surface area contributed by atoms with Crippen molar-refractivity contribution in [2.75, 3.05) is 0 Å². The van der Waals surface area contributed by atoms with Gasteiger partial charge in [-0.15, -0.1) is 10.2 Å². The van der Waals surface area contributed by atoms with Gasteiger partial charge in [-0.25, -0.2) is 4.98 Å². The predicted molar refractivity (Wildman–Crippen MR) is 132 cm³/mol. The van der Waals surface area contributed by atoms with Crippen LogP contribution in [0.1, 0.15) is 20.7 Å². The minimum Gasteiger partial charge on any atom is -0.494 e. The van der Waals surface area contributed by atoms with Crippen LogP contribution in [0, 0.1) is 0 Å². The Hall–Kier alpha value is -4.56. The molecule has 5 rings (SSSR count). The Labute approximate surface area is 203 Å². The lowest BCUT2D eigenvalue weighted by Crippen LogP contribution is -2.01. The Morgan fingerprint density at radius 1 is 0.829 bits per heavy atom. The van der Waals surface area contributed by atoms with Crippen LogP contribution in [-0.4, -0.2) is 31.6 Å². The first-order chi connectivity index (χ1) is 16.8. The maximum absolute atomic E-state index is 13.0. The Kier molecular flexibility index (Phi) is 5.50. The van der Waals surface area contributed by atoms with Crippen LogP contribution in [0.2, 0.25) is 5.02 Å². The van der Waals surface area contributed by atoms with Gasteiger partial charge < -0.3 is 10.2 Å². The smallest absolute Gasteiger partial charge is 0.296 e. The Bertz CT molecular complexity index is 1690. The number of carbonyl (C=O) groups excluding carboxylic acids is 2. The normalized spacial score (nSPS) is 11.5. The quantitative estimate of drug-likeness (QED) is 0.309. The van der Waals surface area contributed by atoms with Gasteiger partial charge in [0.05, 0.1) is 16.8 Å². The monoisotopic (exact) mass is 484 g/mol. The van der Waals surface area contributed by atoms with E-state index in [-0.39, 0.29) is 28.3 Å². The van der Waals surface area contributed by atoms with E-state index in [9.17, 15) is 19.8 Å². The van der Waals surface area contributed by atoms with Crippen molar-refractivity contribution in [3.8, 4) is 23.0 Å². The molecule has 5 aromatic rings. The summed E-state index contributed by atoms with van der Waals surface area (Å²) in [5, 5.41) is 29.2. The number of amides is 2.